The van der Waals surface area contributed by atoms with Crippen LogP contribution in [0.4, 0.5) is 0 Å². The highest BCUT2D eigenvalue weighted by molar-refractivity contribution is 8.00. The fraction of sp³-hybridized carbons (Fsp3) is 0.259. The molecule has 0 aliphatic heterocycles. The summed E-state index contributed by atoms with van der Waals surface area (Å²) in [4.78, 5) is 29.5. The molecule has 1 atom stereocenters. The van der Waals surface area contributed by atoms with Crippen LogP contribution in [0, 0.1) is 0 Å². The van der Waals surface area contributed by atoms with Gasteiger partial charge in [0.2, 0.25) is 11.8 Å². The first kappa shape index (κ1) is 27.4. The summed E-state index contributed by atoms with van der Waals surface area (Å²) in [5, 5.41) is 4.57. The van der Waals surface area contributed by atoms with Gasteiger partial charge in [-0.3, -0.25) is 9.59 Å². The first-order valence-electron chi connectivity index (χ1n) is 11.3. The second kappa shape index (κ2) is 13.8. The quantitative estimate of drug-likeness (QED) is 0.265. The minimum Gasteiger partial charge on any atom is -0.354 e. The predicted molar refractivity (Wildman–Crippen MR) is 146 cm³/mol. The van der Waals surface area contributed by atoms with E-state index in [2.05, 4.69) is 5.32 Å². The van der Waals surface area contributed by atoms with Gasteiger partial charge >= 0.3 is 0 Å². The topological polar surface area (TPSA) is 49.4 Å². The van der Waals surface area contributed by atoms with E-state index in [-0.39, 0.29) is 24.1 Å². The molecule has 3 aromatic rings. The molecular formula is C27H27Cl3N2O2S. The van der Waals surface area contributed by atoms with Crippen LogP contribution in [0.25, 0.3) is 0 Å². The van der Waals surface area contributed by atoms with Crippen molar-refractivity contribution in [3.63, 3.8) is 0 Å². The predicted octanol–water partition coefficient (Wildman–Crippen LogP) is 6.91. The van der Waals surface area contributed by atoms with E-state index in [1.165, 1.54) is 11.8 Å². The Morgan fingerprint density at radius 3 is 2.29 bits per heavy atom. The van der Waals surface area contributed by atoms with Crippen LogP contribution in [0.1, 0.15) is 24.5 Å². The van der Waals surface area contributed by atoms with Gasteiger partial charge in [-0.2, -0.15) is 0 Å². The molecule has 1 N–H and O–H groups in total. The van der Waals surface area contributed by atoms with Crippen molar-refractivity contribution < 1.29 is 9.59 Å². The second-order valence-electron chi connectivity index (χ2n) is 8.00. The van der Waals surface area contributed by atoms with E-state index < -0.39 is 6.04 Å². The number of carbonyl (C=O) groups is 2. The zero-order valence-electron chi connectivity index (χ0n) is 19.3. The van der Waals surface area contributed by atoms with Crippen LogP contribution in [-0.4, -0.2) is 35.1 Å². The van der Waals surface area contributed by atoms with Crippen molar-refractivity contribution in [3.05, 3.63) is 99.0 Å². The molecule has 0 aliphatic carbocycles. The summed E-state index contributed by atoms with van der Waals surface area (Å²) in [6.45, 7) is 2.71. The zero-order chi connectivity index (χ0) is 25.2. The lowest BCUT2D eigenvalue weighted by atomic mass is 10.0. The summed E-state index contributed by atoms with van der Waals surface area (Å²) in [6.07, 6.45) is 1.19. The Morgan fingerprint density at radius 1 is 0.943 bits per heavy atom. The van der Waals surface area contributed by atoms with Gasteiger partial charge in [0, 0.05) is 39.5 Å². The number of benzene rings is 3. The molecule has 184 valence electrons. The minimum atomic E-state index is -0.700. The molecule has 0 saturated carbocycles. The molecule has 3 aromatic carbocycles. The summed E-state index contributed by atoms with van der Waals surface area (Å²) in [5.41, 5.74) is 1.69. The highest BCUT2D eigenvalue weighted by atomic mass is 35.5. The van der Waals surface area contributed by atoms with Crippen LogP contribution in [-0.2, 0) is 22.6 Å². The highest BCUT2D eigenvalue weighted by Crippen LogP contribution is 2.26. The van der Waals surface area contributed by atoms with Gasteiger partial charge < -0.3 is 10.2 Å². The van der Waals surface area contributed by atoms with E-state index in [0.29, 0.717) is 28.0 Å². The SMILES string of the molecule is CCCNC(=O)[C@H](Cc1ccccc1)N(Cc1ccc(Cl)cc1Cl)C(=O)CSc1ccc(Cl)cc1. The largest absolute Gasteiger partial charge is 0.354 e. The summed E-state index contributed by atoms with van der Waals surface area (Å²) in [5.74, 6) is -0.187. The molecule has 0 heterocycles. The van der Waals surface area contributed by atoms with Crippen LogP contribution in [0.15, 0.2) is 77.7 Å². The fourth-order valence-electron chi connectivity index (χ4n) is 3.51. The summed E-state index contributed by atoms with van der Waals surface area (Å²) in [6, 6.07) is 21.5. The molecule has 2 amide bonds. The molecule has 0 fully saturated rings. The Bertz CT molecular complexity index is 1130. The average molecular weight is 550 g/mol. The molecule has 4 nitrogen and oxygen atoms in total. The van der Waals surface area contributed by atoms with E-state index in [0.717, 1.165) is 22.4 Å². The zero-order valence-corrected chi connectivity index (χ0v) is 22.4. The van der Waals surface area contributed by atoms with Crippen molar-refractivity contribution in [1.29, 1.82) is 0 Å². The first-order chi connectivity index (χ1) is 16.9. The van der Waals surface area contributed by atoms with Crippen LogP contribution < -0.4 is 5.32 Å². The van der Waals surface area contributed by atoms with E-state index in [4.69, 9.17) is 34.8 Å². The van der Waals surface area contributed by atoms with Crippen molar-refractivity contribution in [1.82, 2.24) is 10.2 Å². The molecular weight excluding hydrogens is 523 g/mol. The van der Waals surface area contributed by atoms with E-state index in [9.17, 15) is 9.59 Å². The van der Waals surface area contributed by atoms with Gasteiger partial charge in [0.1, 0.15) is 6.04 Å². The van der Waals surface area contributed by atoms with Gasteiger partial charge in [-0.15, -0.1) is 11.8 Å². The van der Waals surface area contributed by atoms with Gasteiger partial charge in [-0.1, -0.05) is 78.1 Å². The Hall–Kier alpha value is -2.18. The molecule has 0 saturated heterocycles. The van der Waals surface area contributed by atoms with Gasteiger partial charge in [0.25, 0.3) is 0 Å². The number of nitrogens with one attached hydrogen (secondary N) is 1. The number of amides is 2. The Balaban J connectivity index is 1.91. The van der Waals surface area contributed by atoms with E-state index in [1.54, 1.807) is 35.2 Å². The van der Waals surface area contributed by atoms with Crippen LogP contribution in [0.5, 0.6) is 0 Å². The lowest BCUT2D eigenvalue weighted by Gasteiger charge is -2.32. The minimum absolute atomic E-state index is 0.163. The summed E-state index contributed by atoms with van der Waals surface area (Å²) >= 11 is 19.9. The van der Waals surface area contributed by atoms with Crippen molar-refractivity contribution in [2.75, 3.05) is 12.3 Å². The maximum Gasteiger partial charge on any atom is 0.243 e. The standard InChI is InChI=1S/C27H27Cl3N2O2S/c1-2-14-31-27(34)25(15-19-6-4-3-5-7-19)32(17-20-8-9-22(29)16-24(20)30)26(33)18-35-23-12-10-21(28)11-13-23/h3-13,16,25H,2,14-15,17-18H2,1H3,(H,31,34)/t25-/m0/s1. The number of halogens is 3. The van der Waals surface area contributed by atoms with Crippen molar-refractivity contribution >= 4 is 58.4 Å². The second-order valence-corrected chi connectivity index (χ2v) is 10.3. The van der Waals surface area contributed by atoms with Crippen molar-refractivity contribution in [2.24, 2.45) is 0 Å². The van der Waals surface area contributed by atoms with Crippen molar-refractivity contribution in [2.45, 2.75) is 37.2 Å². The molecule has 8 heteroatoms. The van der Waals surface area contributed by atoms with Gasteiger partial charge in [-0.25, -0.2) is 0 Å². The van der Waals surface area contributed by atoms with Crippen molar-refractivity contribution in [3.8, 4) is 0 Å². The smallest absolute Gasteiger partial charge is 0.243 e. The molecule has 0 bridgehead atoms. The summed E-state index contributed by atoms with van der Waals surface area (Å²) < 4.78 is 0. The van der Waals surface area contributed by atoms with Gasteiger partial charge in [0.05, 0.1) is 5.75 Å². The number of rotatable bonds is 11. The van der Waals surface area contributed by atoms with E-state index >= 15 is 0 Å². The first-order valence-corrected chi connectivity index (χ1v) is 13.4. The van der Waals surface area contributed by atoms with E-state index in [1.807, 2.05) is 49.4 Å². The fourth-order valence-corrected chi connectivity index (χ4v) is 4.89. The van der Waals surface area contributed by atoms with Gasteiger partial charge in [-0.05, 0) is 53.9 Å². The summed E-state index contributed by atoms with van der Waals surface area (Å²) in [7, 11) is 0. The molecule has 0 aromatic heterocycles. The number of carbonyl (C=O) groups excluding carboxylic acids is 2. The monoisotopic (exact) mass is 548 g/mol. The Kier molecular flexibility index (Phi) is 10.8. The maximum atomic E-state index is 13.6. The molecule has 3 rings (SSSR count). The third-order valence-corrected chi connectivity index (χ3v) is 7.19. The number of hydrogen-bond acceptors (Lipinski definition) is 3. The molecule has 35 heavy (non-hydrogen) atoms. The van der Waals surface area contributed by atoms with Gasteiger partial charge in [0.15, 0.2) is 0 Å². The Labute approximate surface area is 225 Å². The van der Waals surface area contributed by atoms with Crippen LogP contribution >= 0.6 is 46.6 Å². The number of thioether (sulfide) groups is 1. The molecule has 0 unspecified atom stereocenters. The maximum absolute atomic E-state index is 13.6. The lowest BCUT2D eigenvalue weighted by Crippen LogP contribution is -2.51. The number of hydrogen-bond donors (Lipinski definition) is 1. The molecule has 0 spiro atoms. The Morgan fingerprint density at radius 2 is 1.63 bits per heavy atom. The average Bonchev–Trinajstić information content (AvgIpc) is 2.86. The molecule has 0 radical (unpaired) electrons. The van der Waals surface area contributed by atoms with Crippen LogP contribution in [0.2, 0.25) is 15.1 Å². The third-order valence-electron chi connectivity index (χ3n) is 5.35. The van der Waals surface area contributed by atoms with Crippen LogP contribution in [0.3, 0.4) is 0 Å². The third kappa shape index (κ3) is 8.46. The highest BCUT2D eigenvalue weighted by Gasteiger charge is 2.30. The molecule has 0 aliphatic rings. The lowest BCUT2D eigenvalue weighted by molar-refractivity contribution is -0.139. The number of nitrogens with zero attached hydrogens (tertiary/aromatic N) is 1. The normalized spacial score (nSPS) is 11.7.